The molecule has 0 spiro atoms. The van der Waals surface area contributed by atoms with Gasteiger partial charge in [-0.25, -0.2) is 0 Å². The normalized spacial score (nSPS) is 17.1. The number of ether oxygens (including phenoxy) is 1. The van der Waals surface area contributed by atoms with Crippen LogP contribution < -0.4 is 10.1 Å². The second-order valence-electron chi connectivity index (χ2n) is 5.25. The van der Waals surface area contributed by atoms with Crippen molar-refractivity contribution >= 4 is 11.9 Å². The Morgan fingerprint density at radius 3 is 2.60 bits per heavy atom. The third-order valence-corrected chi connectivity index (χ3v) is 3.67. The Morgan fingerprint density at radius 2 is 2.05 bits per heavy atom. The Kier molecular flexibility index (Phi) is 3.97. The number of para-hydroxylation sites is 1. The molecule has 1 aromatic carbocycles. The molecule has 5 nitrogen and oxygen atoms in total. The van der Waals surface area contributed by atoms with E-state index in [1.54, 1.807) is 14.0 Å². The topological polar surface area (TPSA) is 75.6 Å². The quantitative estimate of drug-likeness (QED) is 0.830. The lowest BCUT2D eigenvalue weighted by Crippen LogP contribution is -2.41. The maximum Gasteiger partial charge on any atom is 0.305 e. The van der Waals surface area contributed by atoms with Crippen molar-refractivity contribution in [1.29, 1.82) is 0 Å². The number of hydrogen-bond acceptors (Lipinski definition) is 3. The van der Waals surface area contributed by atoms with E-state index in [2.05, 4.69) is 5.32 Å². The molecule has 2 rings (SSSR count). The number of nitrogens with one attached hydrogen (secondary N) is 1. The lowest BCUT2D eigenvalue weighted by molar-refractivity contribution is -0.137. The number of benzene rings is 1. The number of carbonyl (C=O) groups is 2. The number of carboxylic acids is 1. The van der Waals surface area contributed by atoms with Gasteiger partial charge in [0.25, 0.3) is 0 Å². The van der Waals surface area contributed by atoms with Gasteiger partial charge in [-0.2, -0.15) is 0 Å². The second kappa shape index (κ2) is 5.53. The van der Waals surface area contributed by atoms with Gasteiger partial charge < -0.3 is 15.2 Å². The largest absolute Gasteiger partial charge is 0.496 e. The van der Waals surface area contributed by atoms with Gasteiger partial charge in [0.1, 0.15) is 5.75 Å². The molecule has 108 valence electrons. The van der Waals surface area contributed by atoms with E-state index in [0.29, 0.717) is 5.75 Å². The molecule has 1 atom stereocenters. The van der Waals surface area contributed by atoms with Gasteiger partial charge >= 0.3 is 5.97 Å². The second-order valence-corrected chi connectivity index (χ2v) is 5.25. The molecule has 0 heterocycles. The third kappa shape index (κ3) is 2.76. The molecule has 0 aromatic heterocycles. The molecule has 1 aromatic rings. The van der Waals surface area contributed by atoms with Gasteiger partial charge in [0.05, 0.1) is 18.9 Å². The summed E-state index contributed by atoms with van der Waals surface area (Å²) >= 11 is 0. The summed E-state index contributed by atoms with van der Waals surface area (Å²) in [5, 5.41) is 11.5. The molecular formula is C15H19NO4. The lowest BCUT2D eigenvalue weighted by Gasteiger charge is -2.20. The zero-order chi connectivity index (χ0) is 14.8. The molecule has 5 heteroatoms. The summed E-state index contributed by atoms with van der Waals surface area (Å²) in [7, 11) is 1.58. The van der Waals surface area contributed by atoms with Gasteiger partial charge in [-0.1, -0.05) is 18.2 Å². The Labute approximate surface area is 117 Å². The van der Waals surface area contributed by atoms with E-state index in [0.717, 1.165) is 18.4 Å². The van der Waals surface area contributed by atoms with Crippen molar-refractivity contribution in [2.24, 2.45) is 0 Å². The summed E-state index contributed by atoms with van der Waals surface area (Å²) in [5.74, 6) is -0.332. The molecule has 0 saturated heterocycles. The van der Waals surface area contributed by atoms with Crippen molar-refractivity contribution in [1.82, 2.24) is 5.32 Å². The first kappa shape index (κ1) is 14.4. The van der Waals surface area contributed by atoms with E-state index >= 15 is 0 Å². The van der Waals surface area contributed by atoms with Crippen LogP contribution in [0.1, 0.15) is 31.7 Å². The van der Waals surface area contributed by atoms with E-state index < -0.39 is 11.4 Å². The van der Waals surface area contributed by atoms with Crippen LogP contribution in [0, 0.1) is 0 Å². The fourth-order valence-corrected chi connectivity index (χ4v) is 2.46. The molecule has 1 unspecified atom stereocenters. The van der Waals surface area contributed by atoms with Gasteiger partial charge in [0.2, 0.25) is 5.91 Å². The number of amides is 1. The maximum atomic E-state index is 12.4. The predicted octanol–water partition coefficient (Wildman–Crippen LogP) is 1.71. The Bertz CT molecular complexity index is 522. The molecule has 0 bridgehead atoms. The van der Waals surface area contributed by atoms with Crippen molar-refractivity contribution in [3.05, 3.63) is 29.8 Å². The van der Waals surface area contributed by atoms with Crippen LogP contribution >= 0.6 is 0 Å². The van der Waals surface area contributed by atoms with Crippen LogP contribution in [0.5, 0.6) is 5.75 Å². The first-order chi connectivity index (χ1) is 9.49. The minimum Gasteiger partial charge on any atom is -0.496 e. The zero-order valence-corrected chi connectivity index (χ0v) is 11.7. The molecule has 20 heavy (non-hydrogen) atoms. The number of rotatable bonds is 6. The number of hydrogen-bond donors (Lipinski definition) is 2. The zero-order valence-electron chi connectivity index (χ0n) is 11.7. The van der Waals surface area contributed by atoms with Crippen molar-refractivity contribution in [2.75, 3.05) is 7.11 Å². The van der Waals surface area contributed by atoms with Gasteiger partial charge in [-0.15, -0.1) is 0 Å². The monoisotopic (exact) mass is 277 g/mol. The molecule has 2 N–H and O–H groups in total. The van der Waals surface area contributed by atoms with Crippen molar-refractivity contribution < 1.29 is 19.4 Å². The fraction of sp³-hybridized carbons (Fsp3) is 0.467. The first-order valence-corrected chi connectivity index (χ1v) is 6.66. The molecule has 1 aliphatic rings. The minimum atomic E-state index is -0.917. The van der Waals surface area contributed by atoms with Gasteiger partial charge in [0.15, 0.2) is 0 Å². The number of carbonyl (C=O) groups excluding carboxylic acids is 1. The summed E-state index contributed by atoms with van der Waals surface area (Å²) < 4.78 is 5.32. The first-order valence-electron chi connectivity index (χ1n) is 6.66. The predicted molar refractivity (Wildman–Crippen MR) is 73.8 cm³/mol. The highest BCUT2D eigenvalue weighted by Gasteiger charge is 2.52. The minimum absolute atomic E-state index is 0.0757. The molecule has 1 amide bonds. The van der Waals surface area contributed by atoms with E-state index in [-0.39, 0.29) is 18.4 Å². The van der Waals surface area contributed by atoms with Crippen molar-refractivity contribution in [3.8, 4) is 5.75 Å². The summed E-state index contributed by atoms with van der Waals surface area (Å²) in [5.41, 5.74) is 0.321. The van der Waals surface area contributed by atoms with Gasteiger partial charge in [0, 0.05) is 11.6 Å². The number of carboxylic acid groups (broad SMARTS) is 1. The smallest absolute Gasteiger partial charge is 0.305 e. The number of methoxy groups -OCH3 is 1. The highest BCUT2D eigenvalue weighted by atomic mass is 16.5. The molecule has 1 fully saturated rings. The SMILES string of the molecule is COc1ccccc1C1(C(=O)NC(C)CC(=O)O)CC1. The molecule has 1 saturated carbocycles. The summed E-state index contributed by atoms with van der Waals surface area (Å²) in [6.07, 6.45) is 1.45. The summed E-state index contributed by atoms with van der Waals surface area (Å²) in [4.78, 5) is 23.1. The molecule has 0 aliphatic heterocycles. The van der Waals surface area contributed by atoms with Gasteiger partial charge in [-0.3, -0.25) is 9.59 Å². The van der Waals surface area contributed by atoms with Crippen LogP contribution in [0.2, 0.25) is 0 Å². The highest BCUT2D eigenvalue weighted by molar-refractivity contribution is 5.92. The van der Waals surface area contributed by atoms with E-state index in [9.17, 15) is 9.59 Å². The van der Waals surface area contributed by atoms with Crippen molar-refractivity contribution in [2.45, 2.75) is 37.6 Å². The van der Waals surface area contributed by atoms with Crippen molar-refractivity contribution in [3.63, 3.8) is 0 Å². The Balaban J connectivity index is 2.14. The van der Waals surface area contributed by atoms with Gasteiger partial charge in [-0.05, 0) is 25.8 Å². The van der Waals surface area contributed by atoms with E-state index in [1.165, 1.54) is 0 Å². The van der Waals surface area contributed by atoms with Crippen LogP contribution in [0.25, 0.3) is 0 Å². The maximum absolute atomic E-state index is 12.4. The van der Waals surface area contributed by atoms with E-state index in [4.69, 9.17) is 9.84 Å². The average Bonchev–Trinajstić information content (AvgIpc) is 3.19. The molecular weight excluding hydrogens is 258 g/mol. The highest BCUT2D eigenvalue weighted by Crippen LogP contribution is 2.51. The standard InChI is InChI=1S/C15H19NO4/c1-10(9-13(17)18)16-14(19)15(7-8-15)11-5-3-4-6-12(11)20-2/h3-6,10H,7-9H2,1-2H3,(H,16,19)(H,17,18). The fourth-order valence-electron chi connectivity index (χ4n) is 2.46. The van der Waals surface area contributed by atoms with Crippen LogP contribution in [0.15, 0.2) is 24.3 Å². The Morgan fingerprint density at radius 1 is 1.40 bits per heavy atom. The molecule has 0 radical (unpaired) electrons. The van der Waals surface area contributed by atoms with Crippen LogP contribution in [0.4, 0.5) is 0 Å². The van der Waals surface area contributed by atoms with Crippen LogP contribution in [0.3, 0.4) is 0 Å². The van der Waals surface area contributed by atoms with Crippen LogP contribution in [-0.2, 0) is 15.0 Å². The summed E-state index contributed by atoms with van der Waals surface area (Å²) in [6, 6.07) is 7.10. The third-order valence-electron chi connectivity index (χ3n) is 3.67. The summed E-state index contributed by atoms with van der Waals surface area (Å²) in [6.45, 7) is 1.70. The van der Waals surface area contributed by atoms with E-state index in [1.807, 2.05) is 24.3 Å². The average molecular weight is 277 g/mol. The number of aliphatic carboxylic acids is 1. The molecule has 1 aliphatic carbocycles. The lowest BCUT2D eigenvalue weighted by atomic mass is 9.93. The Hall–Kier alpha value is -2.04. The van der Waals surface area contributed by atoms with Crippen LogP contribution in [-0.4, -0.2) is 30.1 Å².